The number of nitrogens with zero attached hydrogens (tertiary/aromatic N) is 2. The number of pyridine rings is 1. The maximum absolute atomic E-state index is 13.6. The molecule has 0 spiro atoms. The van der Waals surface area contributed by atoms with E-state index in [0.29, 0.717) is 28.0 Å². The number of carbonyl (C=O) groups excluding carboxylic acids is 1. The molecule has 34 heavy (non-hydrogen) atoms. The molecule has 0 radical (unpaired) electrons. The predicted octanol–water partition coefficient (Wildman–Crippen LogP) is 7.34. The summed E-state index contributed by atoms with van der Waals surface area (Å²) in [7, 11) is 0. The van der Waals surface area contributed by atoms with Gasteiger partial charge in [0.05, 0.1) is 22.3 Å². The maximum Gasteiger partial charge on any atom is 0.257 e. The van der Waals surface area contributed by atoms with Crippen LogP contribution in [0.2, 0.25) is 0 Å². The number of hydrogen-bond acceptors (Lipinski definition) is 4. The van der Waals surface area contributed by atoms with Gasteiger partial charge in [-0.2, -0.15) is 5.26 Å². The van der Waals surface area contributed by atoms with E-state index in [1.54, 1.807) is 11.3 Å². The van der Waals surface area contributed by atoms with Crippen LogP contribution in [0.5, 0.6) is 0 Å². The van der Waals surface area contributed by atoms with E-state index in [1.807, 2.05) is 30.3 Å². The molecular weight excluding hydrogens is 438 g/mol. The summed E-state index contributed by atoms with van der Waals surface area (Å²) in [6.45, 7) is 6.58. The SMILES string of the molecule is CC(C)c1ccc(-c2cc(C(=O)Nc3sc4c(c3C#N)CC[C@H](C)C4)c3ccccc3n2)cc1. The minimum Gasteiger partial charge on any atom is -0.312 e. The molecule has 4 nitrogen and oxygen atoms in total. The maximum atomic E-state index is 13.6. The molecule has 2 aromatic heterocycles. The van der Waals surface area contributed by atoms with Gasteiger partial charge in [-0.05, 0) is 54.4 Å². The second-order valence-corrected chi connectivity index (χ2v) is 10.6. The molecular formula is C29H27N3OS. The number of nitriles is 1. The van der Waals surface area contributed by atoms with Crippen LogP contribution in [-0.4, -0.2) is 10.9 Å². The smallest absolute Gasteiger partial charge is 0.257 e. The first-order valence-electron chi connectivity index (χ1n) is 11.8. The zero-order chi connectivity index (χ0) is 23.8. The van der Waals surface area contributed by atoms with Crippen LogP contribution in [0, 0.1) is 17.2 Å². The van der Waals surface area contributed by atoms with Crippen molar-refractivity contribution < 1.29 is 4.79 Å². The predicted molar refractivity (Wildman–Crippen MR) is 139 cm³/mol. The molecule has 170 valence electrons. The number of hydrogen-bond donors (Lipinski definition) is 1. The van der Waals surface area contributed by atoms with Gasteiger partial charge >= 0.3 is 0 Å². The molecule has 0 fully saturated rings. The molecule has 0 saturated heterocycles. The first-order valence-corrected chi connectivity index (χ1v) is 12.6. The van der Waals surface area contributed by atoms with Crippen LogP contribution in [-0.2, 0) is 12.8 Å². The largest absolute Gasteiger partial charge is 0.312 e. The van der Waals surface area contributed by atoms with Gasteiger partial charge in [0, 0.05) is 15.8 Å². The Bertz CT molecular complexity index is 1430. The number of thiophene rings is 1. The highest BCUT2D eigenvalue weighted by atomic mass is 32.1. The van der Waals surface area contributed by atoms with E-state index < -0.39 is 0 Å². The highest BCUT2D eigenvalue weighted by Gasteiger charge is 2.25. The highest BCUT2D eigenvalue weighted by Crippen LogP contribution is 2.39. The number of carbonyl (C=O) groups is 1. The topological polar surface area (TPSA) is 65.8 Å². The van der Waals surface area contributed by atoms with Crippen molar-refractivity contribution in [2.45, 2.75) is 46.0 Å². The molecule has 1 amide bonds. The molecule has 1 aliphatic rings. The van der Waals surface area contributed by atoms with Crippen LogP contribution in [0.15, 0.2) is 54.6 Å². The summed E-state index contributed by atoms with van der Waals surface area (Å²) < 4.78 is 0. The lowest BCUT2D eigenvalue weighted by molar-refractivity contribution is 0.102. The van der Waals surface area contributed by atoms with Gasteiger partial charge in [-0.3, -0.25) is 4.79 Å². The van der Waals surface area contributed by atoms with Crippen LogP contribution < -0.4 is 5.32 Å². The molecule has 0 aliphatic heterocycles. The van der Waals surface area contributed by atoms with Crippen LogP contribution >= 0.6 is 11.3 Å². The summed E-state index contributed by atoms with van der Waals surface area (Å²) in [5, 5.41) is 14.4. The van der Waals surface area contributed by atoms with Crippen molar-refractivity contribution in [2.75, 3.05) is 5.32 Å². The van der Waals surface area contributed by atoms with Gasteiger partial charge in [0.15, 0.2) is 0 Å². The molecule has 0 saturated carbocycles. The molecule has 2 aromatic carbocycles. The second kappa shape index (κ2) is 9.04. The fourth-order valence-electron chi connectivity index (χ4n) is 4.68. The molecule has 5 heteroatoms. The van der Waals surface area contributed by atoms with Crippen molar-refractivity contribution in [3.05, 3.63) is 81.7 Å². The van der Waals surface area contributed by atoms with Gasteiger partial charge in [0.25, 0.3) is 5.91 Å². The average molecular weight is 466 g/mol. The van der Waals surface area contributed by atoms with Crippen molar-refractivity contribution >= 4 is 33.1 Å². The van der Waals surface area contributed by atoms with E-state index in [1.165, 1.54) is 10.4 Å². The van der Waals surface area contributed by atoms with E-state index in [9.17, 15) is 10.1 Å². The third-order valence-electron chi connectivity index (χ3n) is 6.68. The number of para-hydroxylation sites is 1. The summed E-state index contributed by atoms with van der Waals surface area (Å²) in [6, 6.07) is 20.3. The Labute approximate surface area is 204 Å². The lowest BCUT2D eigenvalue weighted by Gasteiger charge is -2.17. The van der Waals surface area contributed by atoms with Gasteiger partial charge in [-0.1, -0.05) is 63.2 Å². The average Bonchev–Trinajstić information content (AvgIpc) is 3.19. The molecule has 0 bridgehead atoms. The van der Waals surface area contributed by atoms with E-state index in [4.69, 9.17) is 4.98 Å². The zero-order valence-electron chi connectivity index (χ0n) is 19.7. The van der Waals surface area contributed by atoms with Crippen molar-refractivity contribution in [1.29, 1.82) is 5.26 Å². The van der Waals surface area contributed by atoms with E-state index in [0.717, 1.165) is 47.0 Å². The number of nitrogens with one attached hydrogen (secondary N) is 1. The summed E-state index contributed by atoms with van der Waals surface area (Å²) in [4.78, 5) is 19.6. The van der Waals surface area contributed by atoms with E-state index in [2.05, 4.69) is 56.4 Å². The van der Waals surface area contributed by atoms with E-state index in [-0.39, 0.29) is 5.91 Å². The second-order valence-electron chi connectivity index (χ2n) is 9.47. The fraction of sp³-hybridized carbons (Fsp3) is 0.276. The van der Waals surface area contributed by atoms with Crippen molar-refractivity contribution in [2.24, 2.45) is 5.92 Å². The van der Waals surface area contributed by atoms with Crippen LogP contribution in [0.3, 0.4) is 0 Å². The van der Waals surface area contributed by atoms with Crippen LogP contribution in [0.25, 0.3) is 22.2 Å². The first kappa shape index (κ1) is 22.3. The first-order chi connectivity index (χ1) is 16.4. The van der Waals surface area contributed by atoms with Gasteiger partial charge in [-0.25, -0.2) is 4.98 Å². The Hall–Kier alpha value is -3.49. The quantitative estimate of drug-likeness (QED) is 0.343. The Balaban J connectivity index is 1.55. The highest BCUT2D eigenvalue weighted by molar-refractivity contribution is 7.16. The van der Waals surface area contributed by atoms with Gasteiger partial charge in [0.1, 0.15) is 11.1 Å². The number of benzene rings is 2. The Morgan fingerprint density at radius 1 is 1.18 bits per heavy atom. The third kappa shape index (κ3) is 4.10. The number of fused-ring (bicyclic) bond motifs is 2. The molecule has 2 heterocycles. The normalized spacial score (nSPS) is 15.2. The number of aromatic nitrogens is 1. The molecule has 1 aliphatic carbocycles. The zero-order valence-corrected chi connectivity index (χ0v) is 20.5. The summed E-state index contributed by atoms with van der Waals surface area (Å²) in [5.74, 6) is 0.853. The minimum atomic E-state index is -0.207. The summed E-state index contributed by atoms with van der Waals surface area (Å²) in [6.07, 6.45) is 2.96. The van der Waals surface area contributed by atoms with E-state index >= 15 is 0 Å². The van der Waals surface area contributed by atoms with Gasteiger partial charge < -0.3 is 5.32 Å². The Morgan fingerprint density at radius 3 is 2.68 bits per heavy atom. The van der Waals surface area contributed by atoms with Crippen LogP contribution in [0.1, 0.15) is 65.0 Å². The van der Waals surface area contributed by atoms with Crippen LogP contribution in [0.4, 0.5) is 5.00 Å². The van der Waals surface area contributed by atoms with Crippen molar-refractivity contribution in [3.8, 4) is 17.3 Å². The number of rotatable bonds is 4. The summed E-state index contributed by atoms with van der Waals surface area (Å²) in [5.41, 5.74) is 6.09. The molecule has 5 rings (SSSR count). The van der Waals surface area contributed by atoms with Crippen molar-refractivity contribution in [1.82, 2.24) is 4.98 Å². The Morgan fingerprint density at radius 2 is 1.94 bits per heavy atom. The number of anilines is 1. The third-order valence-corrected chi connectivity index (χ3v) is 7.85. The fourth-order valence-corrected chi connectivity index (χ4v) is 6.03. The summed E-state index contributed by atoms with van der Waals surface area (Å²) >= 11 is 1.55. The molecule has 1 N–H and O–H groups in total. The van der Waals surface area contributed by atoms with Crippen molar-refractivity contribution in [3.63, 3.8) is 0 Å². The monoisotopic (exact) mass is 465 g/mol. The standard InChI is InChI=1S/C29H27N3OS/c1-17(2)19-9-11-20(12-10-19)26-15-23(21-6-4-5-7-25(21)31-26)28(33)32-29-24(16-30)22-13-8-18(3)14-27(22)34-29/h4-7,9-12,15,17-18H,8,13-14H2,1-3H3,(H,32,33)/t18-/m0/s1. The lowest BCUT2D eigenvalue weighted by Crippen LogP contribution is -2.13. The van der Waals surface area contributed by atoms with Gasteiger partial charge in [0.2, 0.25) is 0 Å². The minimum absolute atomic E-state index is 0.207. The molecule has 0 unspecified atom stereocenters. The van der Waals surface area contributed by atoms with Gasteiger partial charge in [-0.15, -0.1) is 11.3 Å². The molecule has 1 atom stereocenters. The Kier molecular flexibility index (Phi) is 5.93. The molecule has 4 aromatic rings. The number of amides is 1. The lowest BCUT2D eigenvalue weighted by atomic mass is 9.88.